The Morgan fingerprint density at radius 3 is 2.70 bits per heavy atom. The van der Waals surface area contributed by atoms with Crippen molar-refractivity contribution in [1.82, 2.24) is 10.3 Å². The van der Waals surface area contributed by atoms with Gasteiger partial charge in [0.1, 0.15) is 6.04 Å². The van der Waals surface area contributed by atoms with E-state index in [1.165, 1.54) is 0 Å². The molecule has 2 aromatic rings. The van der Waals surface area contributed by atoms with Crippen LogP contribution in [0.5, 0.6) is 0 Å². The molecule has 0 aliphatic heterocycles. The molecule has 0 saturated carbocycles. The summed E-state index contributed by atoms with van der Waals surface area (Å²) in [4.78, 5) is 26.3. The highest BCUT2D eigenvalue weighted by Crippen LogP contribution is 2.21. The SMILES string of the molecule is Cc1[nH]c2ccccc2c1C(=O)NC(CCO)C(=O)O. The number of para-hydroxylation sites is 1. The zero-order valence-electron chi connectivity index (χ0n) is 11.0. The number of carboxylic acids is 1. The van der Waals surface area contributed by atoms with Crippen molar-refractivity contribution < 1.29 is 19.8 Å². The molecule has 0 saturated heterocycles. The van der Waals surface area contributed by atoms with Gasteiger partial charge in [-0.1, -0.05) is 18.2 Å². The lowest BCUT2D eigenvalue weighted by atomic mass is 10.1. The van der Waals surface area contributed by atoms with E-state index in [-0.39, 0.29) is 13.0 Å². The monoisotopic (exact) mass is 276 g/mol. The first-order valence-corrected chi connectivity index (χ1v) is 6.26. The minimum atomic E-state index is -1.16. The molecule has 0 spiro atoms. The Morgan fingerprint density at radius 2 is 2.05 bits per heavy atom. The molecule has 0 bridgehead atoms. The highest BCUT2D eigenvalue weighted by Gasteiger charge is 2.23. The van der Waals surface area contributed by atoms with Gasteiger partial charge in [-0.2, -0.15) is 0 Å². The van der Waals surface area contributed by atoms with Crippen LogP contribution >= 0.6 is 0 Å². The standard InChI is InChI=1S/C14H16N2O4/c1-8-12(9-4-2-3-5-10(9)15-8)13(18)16-11(6-7-17)14(19)20/h2-5,11,15,17H,6-7H2,1H3,(H,16,18)(H,19,20). The van der Waals surface area contributed by atoms with Gasteiger partial charge in [0, 0.05) is 29.6 Å². The van der Waals surface area contributed by atoms with Crippen molar-refractivity contribution in [2.24, 2.45) is 0 Å². The molecule has 1 atom stereocenters. The Hall–Kier alpha value is -2.34. The second-order valence-electron chi connectivity index (χ2n) is 4.55. The van der Waals surface area contributed by atoms with Crippen LogP contribution in [0.1, 0.15) is 22.5 Å². The van der Waals surface area contributed by atoms with Crippen molar-refractivity contribution >= 4 is 22.8 Å². The number of fused-ring (bicyclic) bond motifs is 1. The molecule has 20 heavy (non-hydrogen) atoms. The van der Waals surface area contributed by atoms with Crippen LogP contribution in [0.3, 0.4) is 0 Å². The van der Waals surface area contributed by atoms with Crippen LogP contribution in [0.15, 0.2) is 24.3 Å². The second-order valence-corrected chi connectivity index (χ2v) is 4.55. The van der Waals surface area contributed by atoms with Gasteiger partial charge in [0.05, 0.1) is 5.56 Å². The number of benzene rings is 1. The fraction of sp³-hybridized carbons (Fsp3) is 0.286. The number of carbonyl (C=O) groups excluding carboxylic acids is 1. The van der Waals surface area contributed by atoms with Crippen molar-refractivity contribution in [3.05, 3.63) is 35.5 Å². The van der Waals surface area contributed by atoms with E-state index in [1.54, 1.807) is 13.0 Å². The van der Waals surface area contributed by atoms with Gasteiger partial charge < -0.3 is 20.5 Å². The molecule has 0 fully saturated rings. The molecule has 1 amide bonds. The fourth-order valence-corrected chi connectivity index (χ4v) is 2.19. The lowest BCUT2D eigenvalue weighted by molar-refractivity contribution is -0.139. The third-order valence-electron chi connectivity index (χ3n) is 3.14. The molecule has 1 unspecified atom stereocenters. The van der Waals surface area contributed by atoms with Gasteiger partial charge in [-0.15, -0.1) is 0 Å². The third-order valence-corrected chi connectivity index (χ3v) is 3.14. The Kier molecular flexibility index (Phi) is 4.05. The molecule has 6 nitrogen and oxygen atoms in total. The number of hydrogen-bond donors (Lipinski definition) is 4. The van der Waals surface area contributed by atoms with Crippen LogP contribution in [-0.2, 0) is 4.79 Å². The number of aliphatic carboxylic acids is 1. The number of amides is 1. The predicted molar refractivity (Wildman–Crippen MR) is 73.6 cm³/mol. The maximum Gasteiger partial charge on any atom is 0.326 e. The molecule has 1 aromatic heterocycles. The summed E-state index contributed by atoms with van der Waals surface area (Å²) in [5, 5.41) is 21.0. The van der Waals surface area contributed by atoms with Crippen molar-refractivity contribution in [3.8, 4) is 0 Å². The number of nitrogens with one attached hydrogen (secondary N) is 2. The van der Waals surface area contributed by atoms with Gasteiger partial charge in [0.25, 0.3) is 5.91 Å². The van der Waals surface area contributed by atoms with E-state index in [0.717, 1.165) is 10.9 Å². The molecule has 106 valence electrons. The summed E-state index contributed by atoms with van der Waals surface area (Å²) in [5.41, 5.74) is 1.94. The van der Waals surface area contributed by atoms with Crippen molar-refractivity contribution in [2.75, 3.05) is 6.61 Å². The van der Waals surface area contributed by atoms with Crippen LogP contribution in [0, 0.1) is 6.92 Å². The molecular weight excluding hydrogens is 260 g/mol. The normalized spacial score (nSPS) is 12.3. The quantitative estimate of drug-likeness (QED) is 0.655. The van der Waals surface area contributed by atoms with E-state index >= 15 is 0 Å². The van der Waals surface area contributed by atoms with E-state index < -0.39 is 17.9 Å². The van der Waals surface area contributed by atoms with E-state index in [0.29, 0.717) is 11.3 Å². The number of aromatic amines is 1. The number of carboxylic acid groups (broad SMARTS) is 1. The summed E-state index contributed by atoms with van der Waals surface area (Å²) in [5.74, 6) is -1.62. The molecule has 0 aliphatic carbocycles. The first-order chi connectivity index (χ1) is 9.54. The lowest BCUT2D eigenvalue weighted by Crippen LogP contribution is -2.41. The number of aliphatic hydroxyl groups is 1. The van der Waals surface area contributed by atoms with Gasteiger partial charge in [0.2, 0.25) is 0 Å². The number of aromatic nitrogens is 1. The number of aliphatic hydroxyl groups excluding tert-OH is 1. The Labute approximate surface area is 115 Å². The summed E-state index contributed by atoms with van der Waals surface area (Å²) >= 11 is 0. The minimum absolute atomic E-state index is 0.0253. The predicted octanol–water partition coefficient (Wildman–Crippen LogP) is 1.04. The first kappa shape index (κ1) is 14.1. The molecule has 2 rings (SSSR count). The molecule has 6 heteroatoms. The largest absolute Gasteiger partial charge is 0.480 e. The Balaban J connectivity index is 2.31. The van der Waals surface area contributed by atoms with E-state index in [2.05, 4.69) is 10.3 Å². The fourth-order valence-electron chi connectivity index (χ4n) is 2.19. The van der Waals surface area contributed by atoms with Crippen LogP contribution in [0.4, 0.5) is 0 Å². The van der Waals surface area contributed by atoms with E-state index in [9.17, 15) is 9.59 Å². The topological polar surface area (TPSA) is 102 Å². The summed E-state index contributed by atoms with van der Waals surface area (Å²) in [6.07, 6.45) is -0.0253. The summed E-state index contributed by atoms with van der Waals surface area (Å²) in [7, 11) is 0. The summed E-state index contributed by atoms with van der Waals surface area (Å²) < 4.78 is 0. The van der Waals surface area contributed by atoms with Crippen LogP contribution < -0.4 is 5.32 Å². The molecular formula is C14H16N2O4. The van der Waals surface area contributed by atoms with Gasteiger partial charge in [-0.25, -0.2) is 4.79 Å². The third kappa shape index (κ3) is 2.65. The van der Waals surface area contributed by atoms with Crippen molar-refractivity contribution in [1.29, 1.82) is 0 Å². The van der Waals surface area contributed by atoms with Gasteiger partial charge in [0.15, 0.2) is 0 Å². The highest BCUT2D eigenvalue weighted by atomic mass is 16.4. The van der Waals surface area contributed by atoms with Crippen LogP contribution in [0.25, 0.3) is 10.9 Å². The lowest BCUT2D eigenvalue weighted by Gasteiger charge is -2.13. The second kappa shape index (κ2) is 5.75. The smallest absolute Gasteiger partial charge is 0.326 e. The van der Waals surface area contributed by atoms with E-state index in [4.69, 9.17) is 10.2 Å². The zero-order chi connectivity index (χ0) is 14.7. The Morgan fingerprint density at radius 1 is 1.35 bits per heavy atom. The number of aryl methyl sites for hydroxylation is 1. The van der Waals surface area contributed by atoms with Crippen LogP contribution in [-0.4, -0.2) is 39.7 Å². The molecule has 4 N–H and O–H groups in total. The molecule has 1 heterocycles. The van der Waals surface area contributed by atoms with Crippen molar-refractivity contribution in [2.45, 2.75) is 19.4 Å². The number of H-pyrrole nitrogens is 1. The molecule has 1 aromatic carbocycles. The van der Waals surface area contributed by atoms with Gasteiger partial charge in [-0.05, 0) is 13.0 Å². The van der Waals surface area contributed by atoms with Crippen LogP contribution in [0.2, 0.25) is 0 Å². The van der Waals surface area contributed by atoms with Gasteiger partial charge >= 0.3 is 5.97 Å². The highest BCUT2D eigenvalue weighted by molar-refractivity contribution is 6.08. The molecule has 0 radical (unpaired) electrons. The minimum Gasteiger partial charge on any atom is -0.480 e. The zero-order valence-corrected chi connectivity index (χ0v) is 11.0. The molecule has 0 aliphatic rings. The first-order valence-electron chi connectivity index (χ1n) is 6.26. The Bertz CT molecular complexity index is 648. The van der Waals surface area contributed by atoms with Crippen molar-refractivity contribution in [3.63, 3.8) is 0 Å². The van der Waals surface area contributed by atoms with Gasteiger partial charge in [-0.3, -0.25) is 4.79 Å². The average Bonchev–Trinajstić information content (AvgIpc) is 2.73. The summed E-state index contributed by atoms with van der Waals surface area (Å²) in [6.45, 7) is 1.46. The average molecular weight is 276 g/mol. The number of carbonyl (C=O) groups is 2. The summed E-state index contributed by atoms with van der Waals surface area (Å²) in [6, 6.07) is 6.22. The maximum absolute atomic E-state index is 12.3. The maximum atomic E-state index is 12.3. The number of rotatable bonds is 5. The van der Waals surface area contributed by atoms with E-state index in [1.807, 2.05) is 18.2 Å². The number of hydrogen-bond acceptors (Lipinski definition) is 3.